The van der Waals surface area contributed by atoms with Crippen molar-refractivity contribution in [2.75, 3.05) is 6.54 Å². The Kier molecular flexibility index (Phi) is 3.36. The number of hydrogen-bond donors (Lipinski definition) is 1. The molecule has 17 heavy (non-hydrogen) atoms. The first kappa shape index (κ1) is 11.1. The highest BCUT2D eigenvalue weighted by Crippen LogP contribution is 2.37. The van der Waals surface area contributed by atoms with E-state index in [0.29, 0.717) is 5.92 Å². The van der Waals surface area contributed by atoms with E-state index in [1.54, 1.807) is 6.33 Å². The second-order valence-electron chi connectivity index (χ2n) is 5.51. The molecule has 2 aliphatic carbocycles. The third kappa shape index (κ3) is 2.83. The van der Waals surface area contributed by atoms with Crippen LogP contribution in [0.15, 0.2) is 18.7 Å². The van der Waals surface area contributed by atoms with E-state index in [-0.39, 0.29) is 0 Å². The number of rotatable bonds is 4. The van der Waals surface area contributed by atoms with Crippen molar-refractivity contribution in [2.24, 2.45) is 5.92 Å². The predicted molar refractivity (Wildman–Crippen MR) is 67.8 cm³/mol. The normalized spacial score (nSPS) is 29.2. The standard InChI is InChI=1S/C14H21N3/c1-2-4-14(12-7-15-10-16-8-12)11(3-1)9-17-13-5-6-13/h7-8,10-11,13-14,17H,1-6,9H2. The minimum atomic E-state index is 0.677. The van der Waals surface area contributed by atoms with Crippen LogP contribution in [0, 0.1) is 5.92 Å². The van der Waals surface area contributed by atoms with Gasteiger partial charge in [-0.2, -0.15) is 0 Å². The van der Waals surface area contributed by atoms with E-state index in [4.69, 9.17) is 0 Å². The summed E-state index contributed by atoms with van der Waals surface area (Å²) in [7, 11) is 0. The maximum atomic E-state index is 4.17. The van der Waals surface area contributed by atoms with E-state index in [1.807, 2.05) is 12.4 Å². The van der Waals surface area contributed by atoms with Gasteiger partial charge in [0, 0.05) is 18.4 Å². The van der Waals surface area contributed by atoms with Gasteiger partial charge in [-0.05, 0) is 49.6 Å². The summed E-state index contributed by atoms with van der Waals surface area (Å²) in [6.45, 7) is 1.18. The quantitative estimate of drug-likeness (QED) is 0.865. The van der Waals surface area contributed by atoms with Crippen LogP contribution >= 0.6 is 0 Å². The fourth-order valence-electron chi connectivity index (χ4n) is 3.00. The molecule has 3 nitrogen and oxygen atoms in total. The molecule has 1 heterocycles. The van der Waals surface area contributed by atoms with Crippen LogP contribution in [0.4, 0.5) is 0 Å². The maximum Gasteiger partial charge on any atom is 0.115 e. The molecule has 0 saturated heterocycles. The van der Waals surface area contributed by atoms with Crippen LogP contribution in [0.2, 0.25) is 0 Å². The molecule has 2 atom stereocenters. The number of aromatic nitrogens is 2. The molecule has 2 unspecified atom stereocenters. The Morgan fingerprint density at radius 3 is 2.59 bits per heavy atom. The van der Waals surface area contributed by atoms with Crippen molar-refractivity contribution in [2.45, 2.75) is 50.5 Å². The summed E-state index contributed by atoms with van der Waals surface area (Å²) in [6, 6.07) is 0.824. The van der Waals surface area contributed by atoms with Crippen LogP contribution in [-0.4, -0.2) is 22.6 Å². The second kappa shape index (κ2) is 5.13. The minimum Gasteiger partial charge on any atom is -0.314 e. The first-order valence-electron chi connectivity index (χ1n) is 6.92. The van der Waals surface area contributed by atoms with E-state index < -0.39 is 0 Å². The smallest absolute Gasteiger partial charge is 0.115 e. The highest BCUT2D eigenvalue weighted by molar-refractivity contribution is 5.13. The highest BCUT2D eigenvalue weighted by atomic mass is 14.9. The van der Waals surface area contributed by atoms with E-state index >= 15 is 0 Å². The van der Waals surface area contributed by atoms with Crippen LogP contribution in [-0.2, 0) is 0 Å². The predicted octanol–water partition coefficient (Wildman–Crippen LogP) is 2.50. The first-order chi connectivity index (χ1) is 8.43. The zero-order valence-electron chi connectivity index (χ0n) is 10.3. The summed E-state index contributed by atoms with van der Waals surface area (Å²) in [4.78, 5) is 8.34. The second-order valence-corrected chi connectivity index (χ2v) is 5.51. The van der Waals surface area contributed by atoms with Gasteiger partial charge in [0.15, 0.2) is 0 Å². The van der Waals surface area contributed by atoms with E-state index in [2.05, 4.69) is 15.3 Å². The van der Waals surface area contributed by atoms with Gasteiger partial charge in [-0.15, -0.1) is 0 Å². The Bertz CT molecular complexity index is 348. The molecule has 3 rings (SSSR count). The summed E-state index contributed by atoms with van der Waals surface area (Å²) in [5, 5.41) is 3.69. The lowest BCUT2D eigenvalue weighted by molar-refractivity contribution is 0.294. The van der Waals surface area contributed by atoms with Crippen molar-refractivity contribution in [1.29, 1.82) is 0 Å². The molecular formula is C14H21N3. The van der Waals surface area contributed by atoms with Crippen molar-refractivity contribution < 1.29 is 0 Å². The van der Waals surface area contributed by atoms with Crippen LogP contribution in [0.25, 0.3) is 0 Å². The fourth-order valence-corrected chi connectivity index (χ4v) is 3.00. The summed E-state index contributed by atoms with van der Waals surface area (Å²) in [5.74, 6) is 1.46. The largest absolute Gasteiger partial charge is 0.314 e. The van der Waals surface area contributed by atoms with Crippen LogP contribution in [0.1, 0.15) is 50.0 Å². The molecule has 0 aromatic carbocycles. The van der Waals surface area contributed by atoms with Crippen LogP contribution in [0.5, 0.6) is 0 Å². The molecule has 0 radical (unpaired) electrons. The van der Waals surface area contributed by atoms with Crippen molar-refractivity contribution in [3.05, 3.63) is 24.3 Å². The first-order valence-corrected chi connectivity index (χ1v) is 6.92. The molecule has 0 spiro atoms. The molecule has 1 N–H and O–H groups in total. The SMILES string of the molecule is c1ncc(C2CCCCC2CNC2CC2)cn1. The van der Waals surface area contributed by atoms with Gasteiger partial charge in [0.2, 0.25) is 0 Å². The summed E-state index contributed by atoms with van der Waals surface area (Å²) < 4.78 is 0. The Balaban J connectivity index is 1.66. The lowest BCUT2D eigenvalue weighted by Crippen LogP contribution is -2.30. The van der Waals surface area contributed by atoms with Gasteiger partial charge < -0.3 is 5.32 Å². The molecule has 2 aliphatic rings. The maximum absolute atomic E-state index is 4.17. The lowest BCUT2D eigenvalue weighted by atomic mass is 9.76. The summed E-state index contributed by atoms with van der Waals surface area (Å²) >= 11 is 0. The van der Waals surface area contributed by atoms with Crippen molar-refractivity contribution in [3.8, 4) is 0 Å². The van der Waals surface area contributed by atoms with Gasteiger partial charge in [0.05, 0.1) is 0 Å². The van der Waals surface area contributed by atoms with Gasteiger partial charge in [0.25, 0.3) is 0 Å². The molecule has 1 aromatic rings. The Hall–Kier alpha value is -0.960. The zero-order valence-corrected chi connectivity index (χ0v) is 10.3. The molecule has 2 fully saturated rings. The number of hydrogen-bond acceptors (Lipinski definition) is 3. The zero-order chi connectivity index (χ0) is 11.5. The molecule has 0 aliphatic heterocycles. The summed E-state index contributed by atoms with van der Waals surface area (Å²) in [5.41, 5.74) is 1.34. The van der Waals surface area contributed by atoms with Crippen molar-refractivity contribution in [3.63, 3.8) is 0 Å². The molecule has 92 valence electrons. The van der Waals surface area contributed by atoms with Gasteiger partial charge in [-0.25, -0.2) is 9.97 Å². The Morgan fingerprint density at radius 2 is 1.82 bits per heavy atom. The number of nitrogens with one attached hydrogen (secondary N) is 1. The molecular weight excluding hydrogens is 210 g/mol. The van der Waals surface area contributed by atoms with Gasteiger partial charge in [-0.3, -0.25) is 0 Å². The average molecular weight is 231 g/mol. The topological polar surface area (TPSA) is 37.8 Å². The van der Waals surface area contributed by atoms with Crippen molar-refractivity contribution >= 4 is 0 Å². The minimum absolute atomic E-state index is 0.677. The van der Waals surface area contributed by atoms with Crippen molar-refractivity contribution in [1.82, 2.24) is 15.3 Å². The lowest BCUT2D eigenvalue weighted by Gasteiger charge is -2.31. The van der Waals surface area contributed by atoms with Gasteiger partial charge in [-0.1, -0.05) is 12.8 Å². The highest BCUT2D eigenvalue weighted by Gasteiger charge is 2.29. The Labute approximate surface area is 103 Å². The molecule has 0 bridgehead atoms. The van der Waals surface area contributed by atoms with Crippen LogP contribution in [0.3, 0.4) is 0 Å². The third-order valence-electron chi connectivity index (χ3n) is 4.16. The molecule has 1 aromatic heterocycles. The molecule has 2 saturated carbocycles. The number of nitrogens with zero attached hydrogens (tertiary/aromatic N) is 2. The monoisotopic (exact) mass is 231 g/mol. The fraction of sp³-hybridized carbons (Fsp3) is 0.714. The Morgan fingerprint density at radius 1 is 1.06 bits per heavy atom. The van der Waals surface area contributed by atoms with E-state index in [1.165, 1.54) is 50.6 Å². The van der Waals surface area contributed by atoms with Gasteiger partial charge >= 0.3 is 0 Å². The van der Waals surface area contributed by atoms with Crippen LogP contribution < -0.4 is 5.32 Å². The van der Waals surface area contributed by atoms with Gasteiger partial charge in [0.1, 0.15) is 6.33 Å². The molecule has 3 heteroatoms. The third-order valence-corrected chi connectivity index (χ3v) is 4.16. The average Bonchev–Trinajstić information content (AvgIpc) is 3.22. The summed E-state index contributed by atoms with van der Waals surface area (Å²) in [6.07, 6.45) is 13.8. The van der Waals surface area contributed by atoms with E-state index in [9.17, 15) is 0 Å². The van der Waals surface area contributed by atoms with E-state index in [0.717, 1.165) is 12.0 Å². The molecule has 0 amide bonds.